The number of hydrogen-bond acceptors (Lipinski definition) is 30. The molecule has 0 aromatic heterocycles. The van der Waals surface area contributed by atoms with Gasteiger partial charge in [-0.1, -0.05) is 53.0 Å². The molecule has 17 atom stereocenters. The monoisotopic (exact) mass is 1970 g/mol. The number of carbonyl (C=O) groups excluding carboxylic acids is 10. The normalized spacial score (nSPS) is 26.8. The average molecular weight is 1970 g/mol. The molecule has 10 aliphatic rings. The van der Waals surface area contributed by atoms with Gasteiger partial charge >= 0.3 is 12.1 Å². The van der Waals surface area contributed by atoms with Crippen LogP contribution in [-0.4, -0.2) is 326 Å². The van der Waals surface area contributed by atoms with Gasteiger partial charge in [0, 0.05) is 80.0 Å². The highest BCUT2D eigenvalue weighted by Gasteiger charge is 2.80. The molecule has 41 heteroatoms. The molecule has 8 amide bonds. The number of rotatable bonds is 62. The van der Waals surface area contributed by atoms with Crippen LogP contribution in [0.15, 0.2) is 70.9 Å². The number of urea groups is 1. The number of primary amides is 1. The number of aliphatic hydroxyl groups excluding tert-OH is 1. The van der Waals surface area contributed by atoms with Crippen molar-refractivity contribution in [2.24, 2.45) is 58.0 Å². The number of amides is 8. The number of nitrogens with one attached hydrogen (secondary N) is 11. The lowest BCUT2D eigenvalue weighted by molar-refractivity contribution is -0.869. The number of unbranched alkanes of at least 4 members (excludes halogenated alkanes) is 1. The number of anilines is 1. The Kier molecular flexibility index (Phi) is 43.1. The Morgan fingerprint density at radius 1 is 0.676 bits per heavy atom. The molecule has 1 aromatic carbocycles. The molecular formula is C98H156F2N15O24+. The minimum Gasteiger partial charge on any atom is -0.486 e. The average Bonchev–Trinajstić information content (AvgIpc) is 1.53. The van der Waals surface area contributed by atoms with Gasteiger partial charge in [-0.05, 0) is 181 Å². The number of fused-ring (bicyclic) bond motifs is 8. The Hall–Kier alpha value is -8.66. The highest BCUT2D eigenvalue weighted by molar-refractivity contribution is 6.02. The predicted octanol–water partition coefficient (Wildman–Crippen LogP) is 5.67. The molecule has 2 unspecified atom stereocenters. The van der Waals surface area contributed by atoms with Crippen LogP contribution in [0, 0.1) is 52.3 Å². The number of alkyl carbamates (subject to hydrolysis) is 1. The van der Waals surface area contributed by atoms with Crippen LogP contribution in [0.2, 0.25) is 0 Å². The van der Waals surface area contributed by atoms with Crippen molar-refractivity contribution in [1.82, 2.24) is 63.8 Å². The van der Waals surface area contributed by atoms with E-state index in [0.29, 0.717) is 149 Å². The highest BCUT2D eigenvalue weighted by Crippen LogP contribution is 2.72. The lowest BCUT2D eigenvalue weighted by Crippen LogP contribution is -2.71. The van der Waals surface area contributed by atoms with E-state index < -0.39 is 142 Å². The van der Waals surface area contributed by atoms with Crippen molar-refractivity contribution in [2.45, 2.75) is 230 Å². The number of ketones is 3. The first-order chi connectivity index (χ1) is 66.8. The van der Waals surface area contributed by atoms with Crippen molar-refractivity contribution in [3.05, 3.63) is 70.9 Å². The van der Waals surface area contributed by atoms with E-state index in [-0.39, 0.29) is 140 Å². The van der Waals surface area contributed by atoms with Gasteiger partial charge < -0.3 is 125 Å². The number of halogens is 2. The number of hydrazine groups is 4. The minimum absolute atomic E-state index is 0.0157. The number of nitrogens with two attached hydrogens (primary N) is 1. The number of benzene rings is 1. The van der Waals surface area contributed by atoms with E-state index in [1.807, 2.05) is 24.0 Å². The topological polar surface area (TPSA) is 476 Å². The number of nitrogens with zero attached hydrogens (tertiary/aromatic N) is 3. The van der Waals surface area contributed by atoms with E-state index in [4.69, 9.17) is 67.3 Å². The summed E-state index contributed by atoms with van der Waals surface area (Å²) in [5.41, 5.74) is 16.1. The fraction of sp³-hybridized carbons (Fsp3) is 0.755. The Labute approximate surface area is 815 Å². The summed E-state index contributed by atoms with van der Waals surface area (Å²) in [6, 6.07) is 3.04. The molecule has 139 heavy (non-hydrogen) atoms. The van der Waals surface area contributed by atoms with E-state index in [1.165, 1.54) is 42.6 Å². The van der Waals surface area contributed by atoms with Crippen LogP contribution in [0.4, 0.5) is 24.1 Å². The predicted molar refractivity (Wildman–Crippen MR) is 506 cm³/mol. The molecule has 11 rings (SSSR count). The number of ether oxygens (including phenoxy) is 13. The molecule has 780 valence electrons. The summed E-state index contributed by atoms with van der Waals surface area (Å²) in [6.07, 6.45) is 7.86. The SMILES string of the molecule is CCCC1O[C@@H]2C[C@H]3[C@@H]4C[C@H](F)C5=CC(=O)C=C[C@]5(C)[C@@]4(F)[C@@H](O)C[C@]3(C)[C@]2(C(=O)COc2ccc(NC(=O)[C@H](CCCNC(N)=O)CC(=O)[C@@H](NC(=O)[C@@H](CCCCNC(=O)COC3CCCCCC4=C3NNN4CCOCCOCCOCCOCCC(=O)NCC[N+](C)(C)C)NC(=O)CCOCCOCCOCCOCCNC(=O)OC[C@@H]3[C@@H]4CCC5=C(CC[C@@H]43)NNN5C)C(C)C)cc2)O1. The fourth-order valence-electron chi connectivity index (χ4n) is 21.2. The summed E-state index contributed by atoms with van der Waals surface area (Å²) in [4.78, 5) is 135. The third kappa shape index (κ3) is 30.9. The van der Waals surface area contributed by atoms with Crippen molar-refractivity contribution >= 4 is 64.7 Å². The second kappa shape index (κ2) is 54.2. The molecular weight excluding hydrogens is 1810 g/mol. The van der Waals surface area contributed by atoms with E-state index in [1.54, 1.807) is 32.9 Å². The summed E-state index contributed by atoms with van der Waals surface area (Å²) in [7, 11) is 8.24. The Bertz CT molecular complexity index is 4340. The summed E-state index contributed by atoms with van der Waals surface area (Å²) in [5.74, 6) is -5.16. The zero-order valence-corrected chi connectivity index (χ0v) is 82.9. The second-order valence-electron chi connectivity index (χ2n) is 39.7. The van der Waals surface area contributed by atoms with Crippen LogP contribution in [0.3, 0.4) is 0 Å². The summed E-state index contributed by atoms with van der Waals surface area (Å²) in [6.45, 7) is 15.8. The van der Waals surface area contributed by atoms with Gasteiger partial charge in [0.25, 0.3) is 0 Å². The van der Waals surface area contributed by atoms with Gasteiger partial charge in [0.1, 0.15) is 37.3 Å². The van der Waals surface area contributed by atoms with E-state index >= 15 is 13.6 Å². The quantitative estimate of drug-likeness (QED) is 0.0276. The molecule has 3 aliphatic heterocycles. The number of allylic oxidation sites excluding steroid dienone is 7. The third-order valence-corrected chi connectivity index (χ3v) is 28.7. The largest absolute Gasteiger partial charge is 0.486 e. The first-order valence-electron chi connectivity index (χ1n) is 50.3. The molecule has 14 N–H and O–H groups in total. The van der Waals surface area contributed by atoms with Crippen molar-refractivity contribution in [1.29, 1.82) is 0 Å². The van der Waals surface area contributed by atoms with Crippen LogP contribution in [0.5, 0.6) is 5.75 Å². The molecule has 1 saturated heterocycles. The van der Waals surface area contributed by atoms with Gasteiger partial charge in [-0.25, -0.2) is 18.4 Å². The zero-order valence-electron chi connectivity index (χ0n) is 82.9. The first kappa shape index (κ1) is 111. The maximum atomic E-state index is 18.2. The smallest absolute Gasteiger partial charge is 0.407 e. The molecule has 7 aliphatic carbocycles. The van der Waals surface area contributed by atoms with Crippen molar-refractivity contribution in [3.8, 4) is 5.75 Å². The Morgan fingerprint density at radius 3 is 1.99 bits per heavy atom. The number of hydrogen-bond donors (Lipinski definition) is 13. The van der Waals surface area contributed by atoms with Crippen LogP contribution in [-0.2, 0) is 95.2 Å². The molecule has 1 aromatic rings. The maximum Gasteiger partial charge on any atom is 0.407 e. The molecule has 5 fully saturated rings. The van der Waals surface area contributed by atoms with Crippen LogP contribution >= 0.6 is 0 Å². The van der Waals surface area contributed by atoms with Gasteiger partial charge in [0.2, 0.25) is 35.3 Å². The van der Waals surface area contributed by atoms with E-state index in [9.17, 15) is 48.3 Å². The minimum atomic E-state index is -2.40. The summed E-state index contributed by atoms with van der Waals surface area (Å²) < 4.78 is 112. The van der Waals surface area contributed by atoms with Gasteiger partial charge in [-0.2, -0.15) is 0 Å². The maximum absolute atomic E-state index is 18.2. The number of quaternary nitrogens is 1. The Balaban J connectivity index is 0.626. The van der Waals surface area contributed by atoms with Crippen molar-refractivity contribution in [2.75, 3.05) is 198 Å². The number of alkyl halides is 2. The van der Waals surface area contributed by atoms with Crippen molar-refractivity contribution < 1.29 is 128 Å². The van der Waals surface area contributed by atoms with Gasteiger partial charge in [0.05, 0.1) is 188 Å². The Morgan fingerprint density at radius 2 is 1.32 bits per heavy atom. The van der Waals surface area contributed by atoms with E-state index in [2.05, 4.69) is 80.3 Å². The third-order valence-electron chi connectivity index (χ3n) is 28.7. The van der Waals surface area contributed by atoms with Crippen LogP contribution in [0.25, 0.3) is 0 Å². The van der Waals surface area contributed by atoms with Gasteiger partial charge in [-0.3, -0.25) is 48.4 Å². The van der Waals surface area contributed by atoms with Gasteiger partial charge in [0.15, 0.2) is 29.1 Å². The van der Waals surface area contributed by atoms with Crippen LogP contribution in [0.1, 0.15) is 176 Å². The lowest BCUT2D eigenvalue weighted by Gasteiger charge is -2.63. The highest BCUT2D eigenvalue weighted by atomic mass is 19.1. The number of aliphatic hydroxyl groups is 1. The lowest BCUT2D eigenvalue weighted by atomic mass is 9.44. The van der Waals surface area contributed by atoms with Crippen LogP contribution < -0.4 is 69.6 Å². The fourth-order valence-corrected chi connectivity index (χ4v) is 21.2. The van der Waals surface area contributed by atoms with E-state index in [0.717, 1.165) is 79.9 Å². The molecule has 0 bridgehead atoms. The molecule has 4 saturated carbocycles. The number of carbonyl (C=O) groups is 10. The zero-order chi connectivity index (χ0) is 99.7. The second-order valence-corrected chi connectivity index (χ2v) is 39.7. The molecule has 39 nitrogen and oxygen atoms in total. The van der Waals surface area contributed by atoms with Gasteiger partial charge in [-0.15, -0.1) is 11.1 Å². The molecule has 3 heterocycles. The molecule has 0 spiro atoms. The summed E-state index contributed by atoms with van der Waals surface area (Å²) in [5, 5.41) is 35.9. The van der Waals surface area contributed by atoms with Crippen molar-refractivity contribution in [3.63, 3.8) is 0 Å². The summed E-state index contributed by atoms with van der Waals surface area (Å²) >= 11 is 0. The number of Topliss-reactive ketones (excluding diaryl/α,β-unsaturated/α-hetero) is 2. The first-order valence-corrected chi connectivity index (χ1v) is 50.3. The standard InChI is InChI=1S/C98H155F2N15O24/c1-10-17-88-138-84-59-72-73-58-75(99)74-57-67(116)30-33-95(74,4)97(73,100)82(118)60-96(72,5)98(84,139-88)83(119)62-135-68-24-22-66(23-25-68)106-91(123)65(18-16-35-104-93(101)125)56-80(117)89(64(2)3)108-92(124)77(107-86(121)32-41-128-45-49-132-52-54-133-50-46-129-42-37-105-94(126)137-61-71-69-26-28-76-78(29-27-70(69)71)113(6)111-109-76)19-14-15-34-102-87(122)63-136-81-21-13-11-12-20-79-90(81)110-112-114(79)38-43-130-47-51-134-55-53-131-48-44-127-40-31-85(120)103-36-39-115(7,8)9/h22-25,30,33,57,64-65,69-73,75,77,81-82,84,88-89,109-112,118H,10-21,26-29,31-32,34-56,58-63H2,1-9H3,(H8-,101,102,103,104,105,106,107,108,120,121,122,123,124,125,126)/p+1/t65-,69+,70-,71+,72+,73+,75+,77-,81?,82+,84-,88?,89+,95+,96+,97+,98-/m1/s1. The number of likely N-dealkylation sites (N-methyl/N-ethyl adjacent to an activating group) is 1. The molecule has 0 radical (unpaired) electrons.